The molecule has 1 aromatic rings. The van der Waals surface area contributed by atoms with E-state index in [1.165, 1.54) is 19.6 Å². The van der Waals surface area contributed by atoms with E-state index < -0.39 is 0 Å². The number of rotatable bonds is 5. The van der Waals surface area contributed by atoms with E-state index in [9.17, 15) is 9.18 Å². The van der Waals surface area contributed by atoms with Gasteiger partial charge in [0.2, 0.25) is 5.91 Å². The largest absolute Gasteiger partial charge is 0.496 e. The first-order valence-corrected chi connectivity index (χ1v) is 7.86. The van der Waals surface area contributed by atoms with Gasteiger partial charge in [-0.05, 0) is 37.8 Å². The number of nitrogens with zero attached hydrogens (tertiary/aromatic N) is 1. The first-order chi connectivity index (χ1) is 10.5. The molecular formula is C17H25FN2O2. The van der Waals surface area contributed by atoms with Crippen LogP contribution >= 0.6 is 0 Å². The third kappa shape index (κ3) is 3.97. The Morgan fingerprint density at radius 1 is 1.55 bits per heavy atom. The number of amides is 1. The first kappa shape index (κ1) is 16.7. The number of nitrogens with one attached hydrogen (secondary N) is 1. The predicted molar refractivity (Wildman–Crippen MR) is 84.3 cm³/mol. The SMILES string of the molecule is COc1cccc(F)c1[C@@H](C)NCC(=O)N1CCC[C@H](C)C1. The molecule has 0 spiro atoms. The molecule has 1 aromatic carbocycles. The van der Waals surface area contributed by atoms with Gasteiger partial charge in [0.1, 0.15) is 11.6 Å². The Balaban J connectivity index is 1.95. The molecule has 2 atom stereocenters. The second-order valence-corrected chi connectivity index (χ2v) is 6.05. The van der Waals surface area contributed by atoms with Gasteiger partial charge >= 0.3 is 0 Å². The number of hydrogen-bond acceptors (Lipinski definition) is 3. The highest BCUT2D eigenvalue weighted by Gasteiger charge is 2.22. The van der Waals surface area contributed by atoms with Crippen molar-refractivity contribution in [2.45, 2.75) is 32.7 Å². The lowest BCUT2D eigenvalue weighted by Crippen LogP contribution is -2.43. The molecule has 4 nitrogen and oxygen atoms in total. The second kappa shape index (κ2) is 7.58. The van der Waals surface area contributed by atoms with Crippen LogP contribution < -0.4 is 10.1 Å². The smallest absolute Gasteiger partial charge is 0.236 e. The average Bonchev–Trinajstić information content (AvgIpc) is 2.51. The van der Waals surface area contributed by atoms with Crippen molar-refractivity contribution >= 4 is 5.91 Å². The zero-order valence-electron chi connectivity index (χ0n) is 13.6. The van der Waals surface area contributed by atoms with Crippen LogP contribution in [0.25, 0.3) is 0 Å². The molecule has 0 unspecified atom stereocenters. The van der Waals surface area contributed by atoms with Gasteiger partial charge in [-0.2, -0.15) is 0 Å². The molecule has 0 aromatic heterocycles. The van der Waals surface area contributed by atoms with Crippen molar-refractivity contribution in [1.29, 1.82) is 0 Å². The molecule has 1 fully saturated rings. The summed E-state index contributed by atoms with van der Waals surface area (Å²) in [5.74, 6) is 0.813. The summed E-state index contributed by atoms with van der Waals surface area (Å²) in [6.07, 6.45) is 2.24. The lowest BCUT2D eigenvalue weighted by atomic mass is 10.0. The Hall–Kier alpha value is -1.62. The second-order valence-electron chi connectivity index (χ2n) is 6.05. The maximum absolute atomic E-state index is 14.0. The lowest BCUT2D eigenvalue weighted by molar-refractivity contribution is -0.132. The fourth-order valence-corrected chi connectivity index (χ4v) is 2.99. The summed E-state index contributed by atoms with van der Waals surface area (Å²) >= 11 is 0. The normalized spacial score (nSPS) is 19.8. The van der Waals surface area contributed by atoms with Crippen molar-refractivity contribution < 1.29 is 13.9 Å². The van der Waals surface area contributed by atoms with Crippen molar-refractivity contribution in [3.63, 3.8) is 0 Å². The van der Waals surface area contributed by atoms with Crippen molar-refractivity contribution in [3.05, 3.63) is 29.6 Å². The van der Waals surface area contributed by atoms with Gasteiger partial charge in [0, 0.05) is 24.7 Å². The molecule has 1 aliphatic heterocycles. The Morgan fingerprint density at radius 2 is 2.32 bits per heavy atom. The highest BCUT2D eigenvalue weighted by Crippen LogP contribution is 2.27. The van der Waals surface area contributed by atoms with Gasteiger partial charge < -0.3 is 15.0 Å². The molecule has 1 amide bonds. The van der Waals surface area contributed by atoms with Gasteiger partial charge in [0.25, 0.3) is 0 Å². The van der Waals surface area contributed by atoms with E-state index in [2.05, 4.69) is 12.2 Å². The van der Waals surface area contributed by atoms with Crippen molar-refractivity contribution in [2.75, 3.05) is 26.7 Å². The van der Waals surface area contributed by atoms with Gasteiger partial charge in [-0.1, -0.05) is 13.0 Å². The van der Waals surface area contributed by atoms with Crippen LogP contribution in [0.4, 0.5) is 4.39 Å². The summed E-state index contributed by atoms with van der Waals surface area (Å²) in [6, 6.07) is 4.46. The summed E-state index contributed by atoms with van der Waals surface area (Å²) in [6.45, 7) is 5.86. The molecule has 0 aliphatic carbocycles. The Labute approximate surface area is 131 Å². The van der Waals surface area contributed by atoms with E-state index in [0.29, 0.717) is 17.2 Å². The molecule has 22 heavy (non-hydrogen) atoms. The van der Waals surface area contributed by atoms with Crippen LogP contribution in [0.5, 0.6) is 5.75 Å². The van der Waals surface area contributed by atoms with Gasteiger partial charge in [0.05, 0.1) is 13.7 Å². The number of benzene rings is 1. The number of halogens is 1. The fourth-order valence-electron chi connectivity index (χ4n) is 2.99. The Kier molecular flexibility index (Phi) is 5.77. The number of piperidine rings is 1. The third-order valence-electron chi connectivity index (χ3n) is 4.24. The Bertz CT molecular complexity index is 521. The van der Waals surface area contributed by atoms with Crippen LogP contribution in [0, 0.1) is 11.7 Å². The molecule has 1 heterocycles. The highest BCUT2D eigenvalue weighted by atomic mass is 19.1. The Morgan fingerprint density at radius 3 is 3.00 bits per heavy atom. The third-order valence-corrected chi connectivity index (χ3v) is 4.24. The molecule has 0 bridgehead atoms. The van der Waals surface area contributed by atoms with Crippen LogP contribution in [0.1, 0.15) is 38.3 Å². The van der Waals surface area contributed by atoms with Gasteiger partial charge in [-0.3, -0.25) is 4.79 Å². The van der Waals surface area contributed by atoms with Gasteiger partial charge in [-0.25, -0.2) is 4.39 Å². The predicted octanol–water partition coefficient (Wildman–Crippen LogP) is 2.74. The molecule has 5 heteroatoms. The number of carbonyl (C=O) groups excluding carboxylic acids is 1. The average molecular weight is 308 g/mol. The maximum Gasteiger partial charge on any atom is 0.236 e. The number of likely N-dealkylation sites (tertiary alicyclic amines) is 1. The van der Waals surface area contributed by atoms with Crippen LogP contribution in [0.3, 0.4) is 0 Å². The standard InChI is InChI=1S/C17H25FN2O2/c1-12-6-5-9-20(11-12)16(21)10-19-13(2)17-14(18)7-4-8-15(17)22-3/h4,7-8,12-13,19H,5-6,9-11H2,1-3H3/t12-,13+/m0/s1. The summed E-state index contributed by atoms with van der Waals surface area (Å²) < 4.78 is 19.2. The molecule has 1 N–H and O–H groups in total. The number of ether oxygens (including phenoxy) is 1. The summed E-state index contributed by atoms with van der Waals surface area (Å²) in [7, 11) is 1.52. The molecule has 2 rings (SSSR count). The van der Waals surface area contributed by atoms with Crippen LogP contribution in [0.2, 0.25) is 0 Å². The minimum absolute atomic E-state index is 0.0775. The number of methoxy groups -OCH3 is 1. The summed E-state index contributed by atoms with van der Waals surface area (Å²) in [4.78, 5) is 14.2. The van der Waals surface area contributed by atoms with Crippen LogP contribution in [0.15, 0.2) is 18.2 Å². The molecule has 122 valence electrons. The maximum atomic E-state index is 14.0. The minimum Gasteiger partial charge on any atom is -0.496 e. The molecule has 0 radical (unpaired) electrons. The molecular weight excluding hydrogens is 283 g/mol. The van der Waals surface area contributed by atoms with Gasteiger partial charge in [-0.15, -0.1) is 0 Å². The van der Waals surface area contributed by atoms with E-state index in [0.717, 1.165) is 19.5 Å². The number of hydrogen-bond donors (Lipinski definition) is 1. The zero-order valence-corrected chi connectivity index (χ0v) is 13.6. The van der Waals surface area contributed by atoms with E-state index in [-0.39, 0.29) is 24.3 Å². The van der Waals surface area contributed by atoms with Gasteiger partial charge in [0.15, 0.2) is 0 Å². The summed E-state index contributed by atoms with van der Waals surface area (Å²) in [5, 5.41) is 3.12. The first-order valence-electron chi connectivity index (χ1n) is 7.86. The molecule has 1 saturated heterocycles. The topological polar surface area (TPSA) is 41.6 Å². The quantitative estimate of drug-likeness (QED) is 0.909. The van der Waals surface area contributed by atoms with Crippen molar-refractivity contribution in [2.24, 2.45) is 5.92 Å². The molecule has 1 aliphatic rings. The minimum atomic E-state index is -0.321. The van der Waals surface area contributed by atoms with Crippen molar-refractivity contribution in [1.82, 2.24) is 10.2 Å². The fraction of sp³-hybridized carbons (Fsp3) is 0.588. The van der Waals surface area contributed by atoms with Crippen LogP contribution in [-0.4, -0.2) is 37.6 Å². The lowest BCUT2D eigenvalue weighted by Gasteiger charge is -2.31. The molecule has 0 saturated carbocycles. The van der Waals surface area contributed by atoms with Crippen molar-refractivity contribution in [3.8, 4) is 5.75 Å². The monoisotopic (exact) mass is 308 g/mol. The van der Waals surface area contributed by atoms with E-state index >= 15 is 0 Å². The van der Waals surface area contributed by atoms with Crippen LogP contribution in [-0.2, 0) is 4.79 Å². The zero-order chi connectivity index (χ0) is 16.1. The van der Waals surface area contributed by atoms with E-state index in [1.54, 1.807) is 12.1 Å². The van der Waals surface area contributed by atoms with E-state index in [1.807, 2.05) is 11.8 Å². The summed E-state index contributed by atoms with van der Waals surface area (Å²) in [5.41, 5.74) is 0.463. The number of carbonyl (C=O) groups is 1. The van der Waals surface area contributed by atoms with E-state index in [4.69, 9.17) is 4.74 Å². The highest BCUT2D eigenvalue weighted by molar-refractivity contribution is 5.78.